The van der Waals surface area contributed by atoms with Gasteiger partial charge in [-0.15, -0.1) is 10.2 Å². The Hall–Kier alpha value is -2.95. The lowest BCUT2D eigenvalue weighted by atomic mass is 10.1. The molecule has 0 aliphatic heterocycles. The van der Waals surface area contributed by atoms with E-state index in [4.69, 9.17) is 0 Å². The van der Waals surface area contributed by atoms with E-state index in [-0.39, 0.29) is 18.2 Å². The minimum absolute atomic E-state index is 0.0584. The predicted octanol–water partition coefficient (Wildman–Crippen LogP) is 5.25. The van der Waals surface area contributed by atoms with Gasteiger partial charge in [0.2, 0.25) is 5.88 Å². The summed E-state index contributed by atoms with van der Waals surface area (Å²) in [4.78, 5) is 12.1. The zero-order valence-corrected chi connectivity index (χ0v) is 15.1. The second-order valence-corrected chi connectivity index (χ2v) is 6.78. The van der Waals surface area contributed by atoms with Gasteiger partial charge in [0.15, 0.2) is 5.69 Å². The average Bonchev–Trinajstić information content (AvgIpc) is 2.90. The molecule has 0 aliphatic carbocycles. The van der Waals surface area contributed by atoms with Crippen LogP contribution in [0.1, 0.15) is 25.8 Å². The topological polar surface area (TPSA) is 66.9 Å². The van der Waals surface area contributed by atoms with Crippen molar-refractivity contribution in [3.8, 4) is 5.88 Å². The highest BCUT2D eigenvalue weighted by Gasteiger charge is 2.16. The van der Waals surface area contributed by atoms with E-state index in [1.165, 1.54) is 0 Å². The van der Waals surface area contributed by atoms with E-state index in [1.54, 1.807) is 0 Å². The molecule has 1 amide bonds. The van der Waals surface area contributed by atoms with Crippen LogP contribution in [0.2, 0.25) is 0 Å². The molecule has 1 heterocycles. The van der Waals surface area contributed by atoms with E-state index in [2.05, 4.69) is 24.1 Å². The maximum absolute atomic E-state index is 12.1. The summed E-state index contributed by atoms with van der Waals surface area (Å²) in [5, 5.41) is 19.3. The molecule has 0 aliphatic rings. The molecule has 134 valence electrons. The highest BCUT2D eigenvalue weighted by molar-refractivity contribution is 5.95. The summed E-state index contributed by atoms with van der Waals surface area (Å²) in [7, 11) is 0. The van der Waals surface area contributed by atoms with E-state index < -0.39 is 0 Å². The van der Waals surface area contributed by atoms with Gasteiger partial charge < -0.3 is 9.67 Å². The predicted molar refractivity (Wildman–Crippen MR) is 103 cm³/mol. The normalized spacial score (nSPS) is 11.7. The summed E-state index contributed by atoms with van der Waals surface area (Å²) in [6.07, 6.45) is 1.13. The van der Waals surface area contributed by atoms with E-state index >= 15 is 0 Å². The lowest BCUT2D eigenvalue weighted by Crippen LogP contribution is -2.00. The number of hydrogen-bond acceptors (Lipinski definition) is 3. The molecule has 2 aromatic carbocycles. The number of amides is 1. The molecule has 0 unspecified atom stereocenters. The molecule has 0 fully saturated rings. The second-order valence-electron chi connectivity index (χ2n) is 6.78. The smallest absolute Gasteiger partial charge is 0.269 e. The van der Waals surface area contributed by atoms with E-state index in [0.717, 1.165) is 22.9 Å². The third-order valence-corrected chi connectivity index (χ3v) is 4.31. The first kappa shape index (κ1) is 17.9. The number of azo groups is 1. The van der Waals surface area contributed by atoms with Gasteiger partial charge in [-0.1, -0.05) is 62.4 Å². The van der Waals surface area contributed by atoms with Gasteiger partial charge in [-0.25, -0.2) is 0 Å². The molecule has 0 atom stereocenters. The monoisotopic (exact) mass is 349 g/mol. The Labute approximate surface area is 153 Å². The van der Waals surface area contributed by atoms with Gasteiger partial charge in [0.25, 0.3) is 5.91 Å². The van der Waals surface area contributed by atoms with Gasteiger partial charge in [0.1, 0.15) is 0 Å². The summed E-state index contributed by atoms with van der Waals surface area (Å²) in [6, 6.07) is 17.1. The molecular weight excluding hydrogens is 326 g/mol. The fraction of sp³-hybridized carbons (Fsp3) is 0.286. The minimum Gasteiger partial charge on any atom is -0.493 e. The van der Waals surface area contributed by atoms with Crippen molar-refractivity contribution in [1.82, 2.24) is 4.57 Å². The van der Waals surface area contributed by atoms with E-state index in [9.17, 15) is 9.90 Å². The minimum atomic E-state index is -0.338. The largest absolute Gasteiger partial charge is 0.493 e. The first-order valence-electron chi connectivity index (χ1n) is 8.85. The molecular formula is C21H23N3O2. The fourth-order valence-electron chi connectivity index (χ4n) is 2.90. The molecule has 5 nitrogen and oxygen atoms in total. The zero-order valence-electron chi connectivity index (χ0n) is 15.1. The van der Waals surface area contributed by atoms with Crippen molar-refractivity contribution in [3.63, 3.8) is 0 Å². The van der Waals surface area contributed by atoms with Crippen LogP contribution in [0.25, 0.3) is 10.9 Å². The van der Waals surface area contributed by atoms with Gasteiger partial charge in [0, 0.05) is 11.9 Å². The van der Waals surface area contributed by atoms with Crippen molar-refractivity contribution < 1.29 is 9.90 Å². The number of para-hydroxylation sites is 1. The molecule has 1 N–H and O–H groups in total. The quantitative estimate of drug-likeness (QED) is 0.618. The van der Waals surface area contributed by atoms with Crippen LogP contribution in [0.3, 0.4) is 0 Å². The van der Waals surface area contributed by atoms with Crippen LogP contribution in [0.15, 0.2) is 64.8 Å². The Morgan fingerprint density at radius 3 is 2.50 bits per heavy atom. The number of aromatic nitrogens is 1. The number of carbonyl (C=O) groups excluding carboxylic acids is 1. The van der Waals surface area contributed by atoms with Crippen LogP contribution >= 0.6 is 0 Å². The average molecular weight is 349 g/mol. The number of aryl methyl sites for hydroxylation is 1. The van der Waals surface area contributed by atoms with E-state index in [0.29, 0.717) is 18.2 Å². The Kier molecular flexibility index (Phi) is 5.46. The standard InChI is InChI=1S/C21H23N3O2/c1-15(2)12-13-24-18-11-7-6-10-17(18)20(21(24)26)23-22-19(25)14-16-8-4-3-5-9-16/h3-11,15,26H,12-14H2,1-2H3. The Morgan fingerprint density at radius 2 is 1.77 bits per heavy atom. The molecule has 0 spiro atoms. The van der Waals surface area contributed by atoms with Crippen molar-refractivity contribution in [3.05, 3.63) is 60.2 Å². The number of benzene rings is 2. The van der Waals surface area contributed by atoms with Gasteiger partial charge in [-0.05, 0) is 24.0 Å². The van der Waals surface area contributed by atoms with Crippen LogP contribution in [-0.4, -0.2) is 15.6 Å². The molecule has 1 aromatic heterocycles. The summed E-state index contributed by atoms with van der Waals surface area (Å²) >= 11 is 0. The number of carbonyl (C=O) groups is 1. The second kappa shape index (κ2) is 7.95. The molecule has 0 radical (unpaired) electrons. The molecule has 3 rings (SSSR count). The zero-order chi connectivity index (χ0) is 18.5. The maximum Gasteiger partial charge on any atom is 0.269 e. The van der Waals surface area contributed by atoms with Crippen LogP contribution in [0, 0.1) is 5.92 Å². The third kappa shape index (κ3) is 3.99. The summed E-state index contributed by atoms with van der Waals surface area (Å²) in [6.45, 7) is 4.98. The molecule has 0 bridgehead atoms. The summed E-state index contributed by atoms with van der Waals surface area (Å²) in [5.41, 5.74) is 2.14. The van der Waals surface area contributed by atoms with Crippen LogP contribution < -0.4 is 0 Å². The summed E-state index contributed by atoms with van der Waals surface area (Å²) in [5.74, 6) is 0.241. The lowest BCUT2D eigenvalue weighted by molar-refractivity contribution is -0.117. The molecule has 26 heavy (non-hydrogen) atoms. The molecule has 5 heteroatoms. The highest BCUT2D eigenvalue weighted by atomic mass is 16.3. The number of nitrogens with zero attached hydrogens (tertiary/aromatic N) is 3. The van der Waals surface area contributed by atoms with Gasteiger partial charge >= 0.3 is 0 Å². The first-order valence-corrected chi connectivity index (χ1v) is 8.85. The molecule has 3 aromatic rings. The Morgan fingerprint density at radius 1 is 1.08 bits per heavy atom. The third-order valence-electron chi connectivity index (χ3n) is 4.31. The number of rotatable bonds is 6. The number of hydrogen-bond donors (Lipinski definition) is 1. The van der Waals surface area contributed by atoms with Crippen molar-refractivity contribution >= 4 is 22.5 Å². The number of aromatic hydroxyl groups is 1. The van der Waals surface area contributed by atoms with E-state index in [1.807, 2.05) is 59.2 Å². The van der Waals surface area contributed by atoms with Crippen molar-refractivity contribution in [2.45, 2.75) is 33.2 Å². The number of fused-ring (bicyclic) bond motifs is 1. The lowest BCUT2D eigenvalue weighted by Gasteiger charge is -2.08. The highest BCUT2D eigenvalue weighted by Crippen LogP contribution is 2.39. The van der Waals surface area contributed by atoms with Gasteiger partial charge in [0.05, 0.1) is 11.9 Å². The molecule has 0 saturated heterocycles. The maximum atomic E-state index is 12.1. The van der Waals surface area contributed by atoms with Gasteiger partial charge in [-0.3, -0.25) is 4.79 Å². The fourth-order valence-corrected chi connectivity index (χ4v) is 2.90. The van der Waals surface area contributed by atoms with Crippen molar-refractivity contribution in [2.24, 2.45) is 16.1 Å². The SMILES string of the molecule is CC(C)CCn1c(O)c(N=NC(=O)Cc2ccccc2)c2ccccc21. The first-order chi connectivity index (χ1) is 12.6. The van der Waals surface area contributed by atoms with Crippen molar-refractivity contribution in [1.29, 1.82) is 0 Å². The summed E-state index contributed by atoms with van der Waals surface area (Å²) < 4.78 is 1.84. The van der Waals surface area contributed by atoms with Crippen LogP contribution in [-0.2, 0) is 17.8 Å². The Balaban J connectivity index is 1.87. The van der Waals surface area contributed by atoms with Crippen LogP contribution in [0.5, 0.6) is 5.88 Å². The Bertz CT molecular complexity index is 927. The van der Waals surface area contributed by atoms with Gasteiger partial charge in [-0.2, -0.15) is 0 Å². The van der Waals surface area contributed by atoms with Crippen molar-refractivity contribution in [2.75, 3.05) is 0 Å². The molecule has 0 saturated carbocycles. The van der Waals surface area contributed by atoms with Crippen LogP contribution in [0.4, 0.5) is 5.69 Å².